The lowest BCUT2D eigenvalue weighted by atomic mass is 10.1. The highest BCUT2D eigenvalue weighted by Crippen LogP contribution is 2.24. The van der Waals surface area contributed by atoms with Gasteiger partial charge in [-0.15, -0.1) is 0 Å². The van der Waals surface area contributed by atoms with Gasteiger partial charge in [0.15, 0.2) is 0 Å². The Bertz CT molecular complexity index is 794. The van der Waals surface area contributed by atoms with Crippen LogP contribution in [0.5, 0.6) is 11.5 Å². The van der Waals surface area contributed by atoms with Crippen LogP contribution in [0.3, 0.4) is 0 Å². The van der Waals surface area contributed by atoms with E-state index in [0.29, 0.717) is 12.6 Å². The predicted molar refractivity (Wildman–Crippen MR) is 120 cm³/mol. The van der Waals surface area contributed by atoms with Crippen LogP contribution in [0.25, 0.3) is 0 Å². The van der Waals surface area contributed by atoms with Gasteiger partial charge < -0.3 is 19.6 Å². The molecule has 1 saturated heterocycles. The third kappa shape index (κ3) is 5.30. The summed E-state index contributed by atoms with van der Waals surface area (Å²) in [4.78, 5) is 8.54. The van der Waals surface area contributed by atoms with Crippen molar-refractivity contribution in [3.05, 3.63) is 53.6 Å². The van der Waals surface area contributed by atoms with E-state index < -0.39 is 0 Å². The van der Waals surface area contributed by atoms with Crippen LogP contribution >= 0.6 is 0 Å². The fraction of sp³-hybridized carbons (Fsp3) is 0.458. The number of rotatable bonds is 9. The molecule has 5 heteroatoms. The number of hydrogen-bond acceptors (Lipinski definition) is 4. The monoisotopic (exact) mass is 396 g/mol. The van der Waals surface area contributed by atoms with Gasteiger partial charge in [-0.1, -0.05) is 0 Å². The summed E-state index contributed by atoms with van der Waals surface area (Å²) >= 11 is 0. The molecule has 3 rings (SSSR count). The van der Waals surface area contributed by atoms with E-state index in [1.165, 1.54) is 31.5 Å². The molecule has 0 amide bonds. The summed E-state index contributed by atoms with van der Waals surface area (Å²) in [6, 6.07) is 14.5. The van der Waals surface area contributed by atoms with Crippen LogP contribution in [0.15, 0.2) is 47.5 Å². The van der Waals surface area contributed by atoms with Crippen LogP contribution in [0.1, 0.15) is 43.9 Å². The van der Waals surface area contributed by atoms with Crippen molar-refractivity contribution in [3.8, 4) is 11.5 Å². The lowest BCUT2D eigenvalue weighted by Crippen LogP contribution is -3.10. The molecule has 0 aliphatic carbocycles. The summed E-state index contributed by atoms with van der Waals surface area (Å²) in [6.07, 6.45) is 4.37. The van der Waals surface area contributed by atoms with Gasteiger partial charge in [0.1, 0.15) is 17.5 Å². The molecule has 1 atom stereocenters. The highest BCUT2D eigenvalue weighted by atomic mass is 16.5. The zero-order valence-electron chi connectivity index (χ0n) is 17.9. The average Bonchev–Trinajstić information content (AvgIpc) is 3.28. The molecule has 2 N–H and O–H groups in total. The maximum Gasteiger partial charge on any atom is 0.133 e. The van der Waals surface area contributed by atoms with Gasteiger partial charge in [0.2, 0.25) is 0 Å². The third-order valence-electron chi connectivity index (χ3n) is 5.92. The van der Waals surface area contributed by atoms with Crippen molar-refractivity contribution >= 4 is 11.9 Å². The second kappa shape index (κ2) is 10.3. The van der Waals surface area contributed by atoms with Crippen molar-refractivity contribution in [1.82, 2.24) is 0 Å². The Labute approximate surface area is 174 Å². The quantitative estimate of drug-likeness (QED) is 0.641. The Morgan fingerprint density at radius 3 is 2.38 bits per heavy atom. The maximum absolute atomic E-state index is 10.4. The Morgan fingerprint density at radius 1 is 1.10 bits per heavy atom. The highest BCUT2D eigenvalue weighted by Gasteiger charge is 2.27. The van der Waals surface area contributed by atoms with E-state index in [1.807, 2.05) is 30.5 Å². The summed E-state index contributed by atoms with van der Waals surface area (Å²) in [5, 5.41) is 10.4. The summed E-state index contributed by atoms with van der Waals surface area (Å²) in [6.45, 7) is 9.17. The van der Waals surface area contributed by atoms with Gasteiger partial charge in [0, 0.05) is 55.0 Å². The zero-order valence-corrected chi connectivity index (χ0v) is 17.9. The normalized spacial score (nSPS) is 15.7. The maximum atomic E-state index is 10.4. The summed E-state index contributed by atoms with van der Waals surface area (Å²) in [7, 11) is 1.69. The number of nitrogens with zero attached hydrogens (tertiary/aromatic N) is 2. The minimum absolute atomic E-state index is 0.285. The lowest BCUT2D eigenvalue weighted by molar-refractivity contribution is -0.918. The Hall–Kier alpha value is -2.53. The number of hydrogen-bond donors (Lipinski definition) is 2. The molecule has 29 heavy (non-hydrogen) atoms. The zero-order chi connectivity index (χ0) is 20.6. The van der Waals surface area contributed by atoms with E-state index in [0.717, 1.165) is 30.1 Å². The van der Waals surface area contributed by atoms with Crippen molar-refractivity contribution in [2.45, 2.75) is 32.7 Å². The van der Waals surface area contributed by atoms with E-state index in [2.05, 4.69) is 36.9 Å². The molecular formula is C24H34N3O2+. The van der Waals surface area contributed by atoms with Crippen molar-refractivity contribution in [1.29, 1.82) is 0 Å². The number of methoxy groups -OCH3 is 1. The van der Waals surface area contributed by atoms with E-state index in [9.17, 15) is 5.11 Å². The fourth-order valence-electron chi connectivity index (χ4n) is 4.17. The number of benzene rings is 2. The molecule has 1 aliphatic heterocycles. The topological polar surface area (TPSA) is 49.5 Å². The predicted octanol–water partition coefficient (Wildman–Crippen LogP) is 3.09. The van der Waals surface area contributed by atoms with E-state index in [-0.39, 0.29) is 5.75 Å². The fourth-order valence-corrected chi connectivity index (χ4v) is 4.17. The molecule has 0 unspecified atom stereocenters. The van der Waals surface area contributed by atoms with Gasteiger partial charge >= 0.3 is 0 Å². The minimum atomic E-state index is 0.285. The van der Waals surface area contributed by atoms with Crippen LogP contribution in [0, 0.1) is 0 Å². The molecule has 1 fully saturated rings. The number of aromatic hydroxyl groups is 1. The number of anilines is 1. The lowest BCUT2D eigenvalue weighted by Gasteiger charge is -2.23. The standard InChI is InChI=1S/C24H33N3O2/c1-4-26(5-2)21-11-8-20(24(28)16-21)17-25-18-23(27-14-6-7-15-27)19-9-12-22(29-3)13-10-19/h8-13,16-17,23,28H,4-7,14-15,18H2,1-3H3/p+1/t23-/m1/s1. The summed E-state index contributed by atoms with van der Waals surface area (Å²) < 4.78 is 5.30. The number of phenolic OH excluding ortho intramolecular Hbond substituents is 1. The van der Waals surface area contributed by atoms with Crippen LogP contribution in [-0.4, -0.2) is 51.2 Å². The Balaban J connectivity index is 1.73. The van der Waals surface area contributed by atoms with Crippen molar-refractivity contribution in [2.75, 3.05) is 44.7 Å². The molecule has 1 heterocycles. The first kappa shape index (κ1) is 21.2. The van der Waals surface area contributed by atoms with Gasteiger partial charge in [-0.05, 0) is 50.2 Å². The van der Waals surface area contributed by atoms with E-state index in [4.69, 9.17) is 9.73 Å². The molecular weight excluding hydrogens is 362 g/mol. The largest absolute Gasteiger partial charge is 0.507 e. The number of likely N-dealkylation sites (tertiary alicyclic amines) is 1. The van der Waals surface area contributed by atoms with Gasteiger partial charge in [0.05, 0.1) is 26.7 Å². The molecule has 0 aromatic heterocycles. The number of ether oxygens (including phenoxy) is 1. The number of aliphatic imine (C=N–C) groups is 1. The third-order valence-corrected chi connectivity index (χ3v) is 5.92. The molecule has 156 valence electrons. The molecule has 1 aliphatic rings. The smallest absolute Gasteiger partial charge is 0.133 e. The Kier molecular flexibility index (Phi) is 7.53. The first-order valence-electron chi connectivity index (χ1n) is 10.7. The van der Waals surface area contributed by atoms with Gasteiger partial charge in [0.25, 0.3) is 0 Å². The molecule has 0 bridgehead atoms. The number of nitrogens with one attached hydrogen (secondary N) is 1. The second-order valence-electron chi connectivity index (χ2n) is 7.60. The van der Waals surface area contributed by atoms with Crippen LogP contribution in [0.4, 0.5) is 5.69 Å². The van der Waals surface area contributed by atoms with Crippen molar-refractivity contribution < 1.29 is 14.7 Å². The molecule has 0 radical (unpaired) electrons. The number of phenols is 1. The number of quaternary nitrogens is 1. The second-order valence-corrected chi connectivity index (χ2v) is 7.60. The van der Waals surface area contributed by atoms with Gasteiger partial charge in [-0.25, -0.2) is 0 Å². The van der Waals surface area contributed by atoms with E-state index in [1.54, 1.807) is 12.0 Å². The first-order chi connectivity index (χ1) is 14.2. The molecule has 0 saturated carbocycles. The summed E-state index contributed by atoms with van der Waals surface area (Å²) in [5.74, 6) is 1.17. The van der Waals surface area contributed by atoms with E-state index >= 15 is 0 Å². The van der Waals surface area contributed by atoms with Crippen molar-refractivity contribution in [3.63, 3.8) is 0 Å². The van der Waals surface area contributed by atoms with Crippen LogP contribution in [-0.2, 0) is 0 Å². The van der Waals surface area contributed by atoms with Crippen LogP contribution < -0.4 is 14.5 Å². The Morgan fingerprint density at radius 2 is 1.79 bits per heavy atom. The minimum Gasteiger partial charge on any atom is -0.507 e. The van der Waals surface area contributed by atoms with Gasteiger partial charge in [-0.2, -0.15) is 0 Å². The SMILES string of the molecule is CCN(CC)c1ccc(C=NC[C@H](c2ccc(OC)cc2)[NH+]2CCCC2)c(O)c1. The summed E-state index contributed by atoms with van der Waals surface area (Å²) in [5.41, 5.74) is 3.11. The highest BCUT2D eigenvalue weighted by molar-refractivity contribution is 5.84. The van der Waals surface area contributed by atoms with Gasteiger partial charge in [-0.3, -0.25) is 4.99 Å². The molecule has 2 aromatic rings. The average molecular weight is 397 g/mol. The molecule has 5 nitrogen and oxygen atoms in total. The molecule has 2 aromatic carbocycles. The van der Waals surface area contributed by atoms with Crippen molar-refractivity contribution in [2.24, 2.45) is 4.99 Å². The first-order valence-corrected chi connectivity index (χ1v) is 10.7. The van der Waals surface area contributed by atoms with Crippen LogP contribution in [0.2, 0.25) is 0 Å². The molecule has 0 spiro atoms.